The minimum atomic E-state index is -0.131. The number of hydrogen-bond acceptors (Lipinski definition) is 5. The Morgan fingerprint density at radius 1 is 1.06 bits per heavy atom. The lowest BCUT2D eigenvalue weighted by atomic mass is 10.0. The van der Waals surface area contributed by atoms with Crippen LogP contribution in [-0.4, -0.2) is 39.7 Å². The lowest BCUT2D eigenvalue weighted by Gasteiger charge is -2.11. The number of thiophene rings is 1. The maximum Gasteiger partial charge on any atom is 0.276 e. The van der Waals surface area contributed by atoms with E-state index in [1.165, 1.54) is 16.0 Å². The summed E-state index contributed by atoms with van der Waals surface area (Å²) in [7, 11) is 3.45. The van der Waals surface area contributed by atoms with Gasteiger partial charge in [0.1, 0.15) is 0 Å². The Labute approximate surface area is 194 Å². The number of amides is 1. The molecule has 0 aliphatic rings. The quantitative estimate of drug-likeness (QED) is 0.389. The van der Waals surface area contributed by atoms with E-state index in [1.54, 1.807) is 31.3 Å². The summed E-state index contributed by atoms with van der Waals surface area (Å²) in [6, 6.07) is 19.4. The number of aromatic nitrogens is 3. The first-order valence-electron chi connectivity index (χ1n) is 10.7. The zero-order valence-electron chi connectivity index (χ0n) is 18.4. The van der Waals surface area contributed by atoms with Crippen LogP contribution in [0.15, 0.2) is 77.0 Å². The fourth-order valence-electron chi connectivity index (χ4n) is 3.91. The first-order chi connectivity index (χ1) is 16.0. The van der Waals surface area contributed by atoms with Crippen LogP contribution >= 0.6 is 11.3 Å². The van der Waals surface area contributed by atoms with E-state index in [0.29, 0.717) is 23.9 Å². The number of hydrogen-bond donors (Lipinski definition) is 0. The van der Waals surface area contributed by atoms with Crippen molar-refractivity contribution in [1.82, 2.24) is 19.7 Å². The molecule has 0 unspecified atom stereocenters. The molecule has 0 spiro atoms. The molecule has 0 bridgehead atoms. The zero-order valence-corrected chi connectivity index (χ0v) is 19.2. The molecule has 164 valence electrons. The Bertz CT molecular complexity index is 1550. The summed E-state index contributed by atoms with van der Waals surface area (Å²) in [5.74, 6) is -0.0710. The molecule has 0 aliphatic carbocycles. The van der Waals surface area contributed by atoms with Crippen LogP contribution < -0.4 is 5.56 Å². The minimum absolute atomic E-state index is 0.0710. The Morgan fingerprint density at radius 3 is 2.76 bits per heavy atom. The number of fused-ring (bicyclic) bond motifs is 2. The molecule has 7 heteroatoms. The summed E-state index contributed by atoms with van der Waals surface area (Å²) in [6.45, 7) is 0.439. The number of rotatable bonds is 5. The lowest BCUT2D eigenvalue weighted by molar-refractivity contribution is 0.0827. The first-order valence-corrected chi connectivity index (χ1v) is 11.5. The largest absolute Gasteiger partial charge is 0.345 e. The van der Waals surface area contributed by atoms with Crippen molar-refractivity contribution < 1.29 is 4.79 Å². The fraction of sp³-hybridized carbons (Fsp3) is 0.154. The van der Waals surface area contributed by atoms with Crippen LogP contribution in [0.5, 0.6) is 0 Å². The van der Waals surface area contributed by atoms with Gasteiger partial charge in [-0.05, 0) is 29.8 Å². The van der Waals surface area contributed by atoms with Crippen LogP contribution in [0, 0.1) is 0 Å². The highest BCUT2D eigenvalue weighted by Crippen LogP contribution is 2.32. The van der Waals surface area contributed by atoms with Gasteiger partial charge in [-0.2, -0.15) is 5.10 Å². The van der Waals surface area contributed by atoms with E-state index in [1.807, 2.05) is 53.9 Å². The van der Waals surface area contributed by atoms with Crippen molar-refractivity contribution in [2.75, 3.05) is 14.1 Å². The Hall–Kier alpha value is -3.84. The van der Waals surface area contributed by atoms with Crippen LogP contribution in [0.4, 0.5) is 0 Å². The Kier molecular flexibility index (Phi) is 5.48. The normalized spacial score (nSPS) is 11.2. The maximum atomic E-state index is 13.4. The summed E-state index contributed by atoms with van der Waals surface area (Å²) >= 11 is 1.48. The molecule has 5 rings (SSSR count). The summed E-state index contributed by atoms with van der Waals surface area (Å²) < 4.78 is 2.34. The van der Waals surface area contributed by atoms with Gasteiger partial charge in [-0.1, -0.05) is 36.4 Å². The molecule has 6 nitrogen and oxygen atoms in total. The fourth-order valence-corrected chi connectivity index (χ4v) is 4.83. The molecule has 3 aromatic heterocycles. The number of para-hydroxylation sites is 1. The van der Waals surface area contributed by atoms with Gasteiger partial charge >= 0.3 is 0 Å². The van der Waals surface area contributed by atoms with Gasteiger partial charge in [0.25, 0.3) is 11.5 Å². The van der Waals surface area contributed by atoms with Gasteiger partial charge in [-0.3, -0.25) is 14.6 Å². The average molecular weight is 455 g/mol. The second-order valence-corrected chi connectivity index (χ2v) is 9.00. The van der Waals surface area contributed by atoms with Gasteiger partial charge in [-0.15, -0.1) is 11.3 Å². The Balaban J connectivity index is 1.48. The summed E-state index contributed by atoms with van der Waals surface area (Å²) in [5, 5.41) is 8.07. The third-order valence-electron chi connectivity index (χ3n) is 5.64. The molecule has 33 heavy (non-hydrogen) atoms. The van der Waals surface area contributed by atoms with Crippen molar-refractivity contribution in [3.05, 3.63) is 93.9 Å². The number of aryl methyl sites for hydroxylation is 2. The molecular weight excluding hydrogens is 432 g/mol. The predicted molar refractivity (Wildman–Crippen MR) is 133 cm³/mol. The molecule has 2 aromatic carbocycles. The molecule has 0 saturated carbocycles. The number of nitrogens with zero attached hydrogens (tertiary/aromatic N) is 4. The molecule has 0 atom stereocenters. The van der Waals surface area contributed by atoms with Gasteiger partial charge in [-0.25, -0.2) is 4.68 Å². The van der Waals surface area contributed by atoms with E-state index in [9.17, 15) is 9.59 Å². The van der Waals surface area contributed by atoms with Crippen molar-refractivity contribution in [3.63, 3.8) is 0 Å². The zero-order chi connectivity index (χ0) is 22.9. The number of benzene rings is 2. The topological polar surface area (TPSA) is 68.1 Å². The SMILES string of the molecule is CN(C)C(=O)c1cccc(-c2csc3cnn(CCc4ccc5ccccc5n4)c(=O)c23)c1. The third-order valence-corrected chi connectivity index (χ3v) is 6.56. The van der Waals surface area contributed by atoms with Crippen molar-refractivity contribution in [2.24, 2.45) is 0 Å². The highest BCUT2D eigenvalue weighted by molar-refractivity contribution is 7.17. The van der Waals surface area contributed by atoms with Crippen molar-refractivity contribution >= 4 is 38.2 Å². The smallest absolute Gasteiger partial charge is 0.276 e. The molecule has 0 saturated heterocycles. The monoisotopic (exact) mass is 454 g/mol. The van der Waals surface area contributed by atoms with Gasteiger partial charge in [0.2, 0.25) is 0 Å². The second-order valence-electron chi connectivity index (χ2n) is 8.09. The molecule has 0 N–H and O–H groups in total. The van der Waals surface area contributed by atoms with Crippen molar-refractivity contribution in [1.29, 1.82) is 0 Å². The maximum absolute atomic E-state index is 13.4. The standard InChI is InChI=1S/C26H22N4O2S/c1-29(2)25(31)19-8-5-7-18(14-19)21-16-33-23-15-27-30(26(32)24(21)23)13-12-20-11-10-17-6-3-4-9-22(17)28-20/h3-11,14-16H,12-13H2,1-2H3. The molecule has 0 fully saturated rings. The molecular formula is C26H22N4O2S. The summed E-state index contributed by atoms with van der Waals surface area (Å²) in [6.07, 6.45) is 2.35. The lowest BCUT2D eigenvalue weighted by Crippen LogP contribution is -2.23. The second kappa shape index (κ2) is 8.60. The molecule has 0 radical (unpaired) electrons. The van der Waals surface area contributed by atoms with E-state index in [2.05, 4.69) is 11.2 Å². The molecule has 0 aliphatic heterocycles. The highest BCUT2D eigenvalue weighted by Gasteiger charge is 2.15. The third kappa shape index (κ3) is 4.03. The van der Waals surface area contributed by atoms with Crippen LogP contribution in [0.2, 0.25) is 0 Å². The Morgan fingerprint density at radius 2 is 1.91 bits per heavy atom. The highest BCUT2D eigenvalue weighted by atomic mass is 32.1. The van der Waals surface area contributed by atoms with Gasteiger partial charge < -0.3 is 4.90 Å². The van der Waals surface area contributed by atoms with Crippen molar-refractivity contribution in [3.8, 4) is 11.1 Å². The number of carbonyl (C=O) groups excluding carboxylic acids is 1. The number of carbonyl (C=O) groups is 1. The first kappa shape index (κ1) is 21.0. The molecule has 1 amide bonds. The van der Waals surface area contributed by atoms with Crippen LogP contribution in [0.1, 0.15) is 16.1 Å². The minimum Gasteiger partial charge on any atom is -0.345 e. The average Bonchev–Trinajstić information content (AvgIpc) is 3.28. The van der Waals surface area contributed by atoms with E-state index in [4.69, 9.17) is 4.98 Å². The van der Waals surface area contributed by atoms with Crippen LogP contribution in [0.3, 0.4) is 0 Å². The number of pyridine rings is 1. The van der Waals surface area contributed by atoms with E-state index >= 15 is 0 Å². The van der Waals surface area contributed by atoms with E-state index in [-0.39, 0.29) is 11.5 Å². The summed E-state index contributed by atoms with van der Waals surface area (Å²) in [5.41, 5.74) is 4.00. The molecule has 5 aromatic rings. The van der Waals surface area contributed by atoms with Crippen LogP contribution in [-0.2, 0) is 13.0 Å². The van der Waals surface area contributed by atoms with E-state index in [0.717, 1.165) is 32.4 Å². The van der Waals surface area contributed by atoms with Crippen LogP contribution in [0.25, 0.3) is 32.1 Å². The van der Waals surface area contributed by atoms with Crippen molar-refractivity contribution in [2.45, 2.75) is 13.0 Å². The predicted octanol–water partition coefficient (Wildman–Crippen LogP) is 4.62. The van der Waals surface area contributed by atoms with Gasteiger partial charge in [0, 0.05) is 48.1 Å². The van der Waals surface area contributed by atoms with E-state index < -0.39 is 0 Å². The van der Waals surface area contributed by atoms with Gasteiger partial charge in [0.05, 0.1) is 28.3 Å². The van der Waals surface area contributed by atoms with Gasteiger partial charge in [0.15, 0.2) is 0 Å². The molecule has 3 heterocycles. The summed E-state index contributed by atoms with van der Waals surface area (Å²) in [4.78, 5) is 32.0.